The highest BCUT2D eigenvalue weighted by Crippen LogP contribution is 2.14. The van der Waals surface area contributed by atoms with Crippen LogP contribution in [-0.2, 0) is 6.42 Å². The molecule has 0 amide bonds. The van der Waals surface area contributed by atoms with Crippen LogP contribution >= 0.6 is 11.8 Å². The van der Waals surface area contributed by atoms with Crippen LogP contribution in [0.5, 0.6) is 0 Å². The number of hydrogen-bond acceptors (Lipinski definition) is 3. The van der Waals surface area contributed by atoms with E-state index in [4.69, 9.17) is 0 Å². The van der Waals surface area contributed by atoms with Crippen LogP contribution in [0.3, 0.4) is 0 Å². The Morgan fingerprint density at radius 1 is 1.21 bits per heavy atom. The third-order valence-electron chi connectivity index (χ3n) is 3.87. The van der Waals surface area contributed by atoms with Gasteiger partial charge < -0.3 is 10.2 Å². The lowest BCUT2D eigenvalue weighted by Crippen LogP contribution is -2.38. The van der Waals surface area contributed by atoms with E-state index in [1.807, 2.05) is 0 Å². The minimum Gasteiger partial charge on any atom is -0.309 e. The Balaban J connectivity index is 1.72. The van der Waals surface area contributed by atoms with Crippen molar-refractivity contribution >= 4 is 11.8 Å². The maximum atomic E-state index is 3.64. The monoisotopic (exact) mass is 278 g/mol. The third-order valence-corrected chi connectivity index (χ3v) is 4.81. The van der Waals surface area contributed by atoms with Crippen LogP contribution in [0, 0.1) is 0 Å². The first kappa shape index (κ1) is 14.9. The van der Waals surface area contributed by atoms with Crippen molar-refractivity contribution in [1.82, 2.24) is 10.2 Å². The predicted molar refractivity (Wildman–Crippen MR) is 86.0 cm³/mol. The van der Waals surface area contributed by atoms with E-state index in [1.54, 1.807) is 0 Å². The molecule has 0 aliphatic carbocycles. The molecule has 1 unspecified atom stereocenters. The first-order valence-corrected chi connectivity index (χ1v) is 8.57. The highest BCUT2D eigenvalue weighted by Gasteiger charge is 2.10. The zero-order valence-corrected chi connectivity index (χ0v) is 13.0. The van der Waals surface area contributed by atoms with Crippen molar-refractivity contribution in [3.8, 4) is 0 Å². The average molecular weight is 278 g/mol. The lowest BCUT2D eigenvalue weighted by Gasteiger charge is -2.26. The fraction of sp³-hybridized carbons (Fsp3) is 0.625. The molecule has 1 N–H and O–H groups in total. The predicted octanol–water partition coefficient (Wildman–Crippen LogP) is 2.95. The van der Waals surface area contributed by atoms with E-state index in [9.17, 15) is 0 Å². The van der Waals surface area contributed by atoms with E-state index in [-0.39, 0.29) is 0 Å². The number of nitrogens with one attached hydrogen (secondary N) is 1. The molecule has 0 aromatic heterocycles. The Bertz CT molecular complexity index is 358. The largest absolute Gasteiger partial charge is 0.309 e. The van der Waals surface area contributed by atoms with Crippen LogP contribution < -0.4 is 5.32 Å². The molecular weight excluding hydrogens is 252 g/mol. The second-order valence-corrected chi connectivity index (χ2v) is 6.45. The molecule has 0 radical (unpaired) electrons. The van der Waals surface area contributed by atoms with Gasteiger partial charge in [-0.3, -0.25) is 0 Å². The molecule has 1 aliphatic rings. The SMILES string of the molecule is CCc1ccc(C(C)NCCN2CCSCC2)cc1. The first-order chi connectivity index (χ1) is 9.29. The van der Waals surface area contributed by atoms with Crippen molar-refractivity contribution < 1.29 is 0 Å². The lowest BCUT2D eigenvalue weighted by molar-refractivity contribution is 0.297. The number of nitrogens with zero attached hydrogens (tertiary/aromatic N) is 1. The van der Waals surface area contributed by atoms with E-state index in [0.717, 1.165) is 13.0 Å². The van der Waals surface area contributed by atoms with Gasteiger partial charge in [0.2, 0.25) is 0 Å². The number of hydrogen-bond donors (Lipinski definition) is 1. The van der Waals surface area contributed by atoms with Crippen molar-refractivity contribution in [2.75, 3.05) is 37.7 Å². The summed E-state index contributed by atoms with van der Waals surface area (Å²) in [6, 6.07) is 9.46. The van der Waals surface area contributed by atoms with Crippen LogP contribution in [0.15, 0.2) is 24.3 Å². The van der Waals surface area contributed by atoms with Crippen molar-refractivity contribution in [2.24, 2.45) is 0 Å². The summed E-state index contributed by atoms with van der Waals surface area (Å²) in [4.78, 5) is 2.57. The van der Waals surface area contributed by atoms with Crippen LogP contribution in [0.1, 0.15) is 31.0 Å². The molecule has 0 bridgehead atoms. The van der Waals surface area contributed by atoms with Crippen LogP contribution in [0.25, 0.3) is 0 Å². The molecule has 106 valence electrons. The van der Waals surface area contributed by atoms with E-state index >= 15 is 0 Å². The molecule has 1 fully saturated rings. The molecule has 3 heteroatoms. The van der Waals surface area contributed by atoms with Gasteiger partial charge in [-0.15, -0.1) is 0 Å². The fourth-order valence-corrected chi connectivity index (χ4v) is 3.40. The topological polar surface area (TPSA) is 15.3 Å². The molecule has 1 aromatic rings. The molecule has 2 rings (SSSR count). The highest BCUT2D eigenvalue weighted by atomic mass is 32.2. The van der Waals surface area contributed by atoms with Gasteiger partial charge in [0, 0.05) is 43.7 Å². The van der Waals surface area contributed by atoms with Gasteiger partial charge in [-0.05, 0) is 24.5 Å². The van der Waals surface area contributed by atoms with Crippen LogP contribution in [0.4, 0.5) is 0 Å². The number of benzene rings is 1. The average Bonchev–Trinajstić information content (AvgIpc) is 2.48. The molecule has 1 aliphatic heterocycles. The van der Waals surface area contributed by atoms with E-state index in [2.05, 4.69) is 60.1 Å². The molecule has 1 atom stereocenters. The van der Waals surface area contributed by atoms with Gasteiger partial charge in [-0.25, -0.2) is 0 Å². The van der Waals surface area contributed by atoms with Crippen molar-refractivity contribution in [3.05, 3.63) is 35.4 Å². The zero-order valence-electron chi connectivity index (χ0n) is 12.2. The van der Waals surface area contributed by atoms with Crippen molar-refractivity contribution in [1.29, 1.82) is 0 Å². The lowest BCUT2D eigenvalue weighted by atomic mass is 10.1. The summed E-state index contributed by atoms with van der Waals surface area (Å²) < 4.78 is 0. The van der Waals surface area contributed by atoms with Crippen LogP contribution in [0.2, 0.25) is 0 Å². The van der Waals surface area contributed by atoms with Gasteiger partial charge in [0.15, 0.2) is 0 Å². The summed E-state index contributed by atoms with van der Waals surface area (Å²) in [5.41, 5.74) is 2.81. The minimum atomic E-state index is 0.449. The molecule has 0 saturated carbocycles. The minimum absolute atomic E-state index is 0.449. The molecule has 1 saturated heterocycles. The maximum absolute atomic E-state index is 3.64. The van der Waals surface area contributed by atoms with E-state index in [1.165, 1.54) is 42.3 Å². The highest BCUT2D eigenvalue weighted by molar-refractivity contribution is 7.99. The molecule has 0 spiro atoms. The summed E-state index contributed by atoms with van der Waals surface area (Å²) in [5, 5.41) is 3.64. The molecule has 19 heavy (non-hydrogen) atoms. The Kier molecular flexibility index (Phi) is 6.21. The number of rotatable bonds is 6. The van der Waals surface area contributed by atoms with Crippen LogP contribution in [-0.4, -0.2) is 42.6 Å². The number of thioether (sulfide) groups is 1. The molecule has 1 aromatic carbocycles. The standard InChI is InChI=1S/C16H26N2S/c1-3-15-4-6-16(7-5-15)14(2)17-8-9-18-10-12-19-13-11-18/h4-7,14,17H,3,8-13H2,1-2H3. The van der Waals surface area contributed by atoms with Gasteiger partial charge in [0.05, 0.1) is 0 Å². The summed E-state index contributed by atoms with van der Waals surface area (Å²) in [5.74, 6) is 2.60. The molecule has 1 heterocycles. The summed E-state index contributed by atoms with van der Waals surface area (Å²) in [6.45, 7) is 9.23. The van der Waals surface area contributed by atoms with Gasteiger partial charge in [-0.2, -0.15) is 11.8 Å². The number of aryl methyl sites for hydroxylation is 1. The van der Waals surface area contributed by atoms with Crippen molar-refractivity contribution in [3.63, 3.8) is 0 Å². The van der Waals surface area contributed by atoms with E-state index in [0.29, 0.717) is 6.04 Å². The summed E-state index contributed by atoms with van der Waals surface area (Å²) >= 11 is 2.08. The smallest absolute Gasteiger partial charge is 0.0292 e. The Hall–Kier alpha value is -0.510. The Morgan fingerprint density at radius 3 is 2.53 bits per heavy atom. The van der Waals surface area contributed by atoms with Gasteiger partial charge in [-0.1, -0.05) is 31.2 Å². The van der Waals surface area contributed by atoms with Gasteiger partial charge in [0.25, 0.3) is 0 Å². The summed E-state index contributed by atoms with van der Waals surface area (Å²) in [7, 11) is 0. The second kappa shape index (κ2) is 7.93. The molecular formula is C16H26N2S. The third kappa shape index (κ3) is 4.83. The normalized spacial score (nSPS) is 18.4. The Morgan fingerprint density at radius 2 is 1.89 bits per heavy atom. The summed E-state index contributed by atoms with van der Waals surface area (Å²) in [6.07, 6.45) is 1.12. The first-order valence-electron chi connectivity index (χ1n) is 7.42. The van der Waals surface area contributed by atoms with Gasteiger partial charge >= 0.3 is 0 Å². The van der Waals surface area contributed by atoms with E-state index < -0.39 is 0 Å². The molecule has 2 nitrogen and oxygen atoms in total. The van der Waals surface area contributed by atoms with Crippen molar-refractivity contribution in [2.45, 2.75) is 26.3 Å². The van der Waals surface area contributed by atoms with Gasteiger partial charge in [0.1, 0.15) is 0 Å². The zero-order chi connectivity index (χ0) is 13.5. The quantitative estimate of drug-likeness (QED) is 0.861. The Labute approximate surface area is 122 Å². The second-order valence-electron chi connectivity index (χ2n) is 5.22. The maximum Gasteiger partial charge on any atom is 0.0292 e. The fourth-order valence-electron chi connectivity index (χ4n) is 2.42.